The maximum absolute atomic E-state index is 13.0. The van der Waals surface area contributed by atoms with Crippen LogP contribution in [0.2, 0.25) is 0 Å². The van der Waals surface area contributed by atoms with E-state index in [1.165, 1.54) is 18.9 Å². The van der Waals surface area contributed by atoms with Crippen molar-refractivity contribution in [3.8, 4) is 0 Å². The Morgan fingerprint density at radius 3 is 2.53 bits per heavy atom. The van der Waals surface area contributed by atoms with Gasteiger partial charge in [-0.15, -0.1) is 10.2 Å². The molecule has 8 nitrogen and oxygen atoms in total. The van der Waals surface area contributed by atoms with Crippen molar-refractivity contribution in [2.75, 3.05) is 7.11 Å². The van der Waals surface area contributed by atoms with Crippen LogP contribution in [0, 0.1) is 0 Å². The molecule has 1 amide bonds. The van der Waals surface area contributed by atoms with Gasteiger partial charge in [0, 0.05) is 12.4 Å². The summed E-state index contributed by atoms with van der Waals surface area (Å²) in [5.74, 6) is -0.822. The minimum atomic E-state index is -0.886. The number of fused-ring (bicyclic) bond motifs is 3. The van der Waals surface area contributed by atoms with E-state index in [0.717, 1.165) is 16.4 Å². The van der Waals surface area contributed by atoms with E-state index in [0.29, 0.717) is 22.8 Å². The number of hydrogen-bond acceptors (Lipinski definition) is 7. The number of thioether (sulfide) groups is 1. The lowest BCUT2D eigenvalue weighted by Gasteiger charge is -2.20. The van der Waals surface area contributed by atoms with E-state index >= 15 is 0 Å². The van der Waals surface area contributed by atoms with Crippen LogP contribution >= 0.6 is 11.8 Å². The van der Waals surface area contributed by atoms with Crippen molar-refractivity contribution in [1.29, 1.82) is 0 Å². The largest absolute Gasteiger partial charge is 0.467 e. The summed E-state index contributed by atoms with van der Waals surface area (Å²) >= 11 is 1.22. The van der Waals surface area contributed by atoms with Gasteiger partial charge in [0.05, 0.1) is 17.9 Å². The molecule has 0 aliphatic rings. The molecule has 0 radical (unpaired) electrons. The summed E-state index contributed by atoms with van der Waals surface area (Å²) in [5.41, 5.74) is 3.10. The molecule has 0 aliphatic heterocycles. The molecule has 0 unspecified atom stereocenters. The average Bonchev–Trinajstić information content (AvgIpc) is 3.12. The minimum Gasteiger partial charge on any atom is -0.467 e. The molecule has 2 aromatic heterocycles. The number of amides is 1. The van der Waals surface area contributed by atoms with E-state index in [1.807, 2.05) is 61.0 Å². The Balaban J connectivity index is 1.57. The van der Waals surface area contributed by atoms with Crippen LogP contribution in [-0.2, 0) is 21.4 Å². The van der Waals surface area contributed by atoms with Gasteiger partial charge in [0.25, 0.3) is 0 Å². The summed E-state index contributed by atoms with van der Waals surface area (Å²) in [5, 5.41) is 12.3. The van der Waals surface area contributed by atoms with Gasteiger partial charge < -0.3 is 14.6 Å². The van der Waals surface area contributed by atoms with Crippen molar-refractivity contribution >= 4 is 45.7 Å². The van der Waals surface area contributed by atoms with E-state index in [-0.39, 0.29) is 5.91 Å². The highest BCUT2D eigenvalue weighted by Crippen LogP contribution is 2.28. The summed E-state index contributed by atoms with van der Waals surface area (Å²) in [7, 11) is 3.23. The maximum atomic E-state index is 13.0. The van der Waals surface area contributed by atoms with Crippen LogP contribution in [0.25, 0.3) is 22.1 Å². The monoisotopic (exact) mass is 449 g/mol. The Morgan fingerprint density at radius 2 is 1.81 bits per heavy atom. The number of methoxy groups -OCH3 is 1. The van der Waals surface area contributed by atoms with Crippen LogP contribution in [0.1, 0.15) is 24.9 Å². The maximum Gasteiger partial charge on any atom is 0.333 e. The Hall–Kier alpha value is -3.46. The standard InChI is InChI=1S/C23H23N5O3S/c1-4-17(21(29)24-18(22(30)31-3)14-10-6-5-7-11-14)32-23-25-20-19(26-27-23)15-12-8-9-13-16(15)28(20)2/h5-13,17-18H,4H2,1-3H3,(H,24,29)/t17-,18-/m1/s1. The number of aryl methyl sites for hydroxylation is 1. The van der Waals surface area contributed by atoms with E-state index in [4.69, 9.17) is 4.74 Å². The molecule has 4 aromatic rings. The molecule has 2 atom stereocenters. The normalized spacial score (nSPS) is 13.1. The fraction of sp³-hybridized carbons (Fsp3) is 0.261. The van der Waals surface area contributed by atoms with Crippen LogP contribution in [0.5, 0.6) is 0 Å². The first kappa shape index (κ1) is 21.8. The quantitative estimate of drug-likeness (QED) is 0.341. The lowest BCUT2D eigenvalue weighted by Crippen LogP contribution is -2.39. The predicted molar refractivity (Wildman–Crippen MR) is 123 cm³/mol. The van der Waals surface area contributed by atoms with Gasteiger partial charge in [-0.05, 0) is 18.1 Å². The first-order chi connectivity index (χ1) is 15.5. The molecular weight excluding hydrogens is 426 g/mol. The molecule has 0 fully saturated rings. The fourth-order valence-electron chi connectivity index (χ4n) is 3.57. The number of nitrogens with one attached hydrogen (secondary N) is 1. The number of aromatic nitrogens is 4. The van der Waals surface area contributed by atoms with Crippen LogP contribution in [0.4, 0.5) is 0 Å². The number of benzene rings is 2. The third-order valence-electron chi connectivity index (χ3n) is 5.25. The van der Waals surface area contributed by atoms with E-state index < -0.39 is 17.3 Å². The minimum absolute atomic E-state index is 0.294. The Bertz CT molecular complexity index is 1270. The summed E-state index contributed by atoms with van der Waals surface area (Å²) in [6.07, 6.45) is 0.524. The molecule has 4 rings (SSSR count). The molecule has 0 aliphatic carbocycles. The number of ether oxygens (including phenoxy) is 1. The smallest absolute Gasteiger partial charge is 0.333 e. The van der Waals surface area contributed by atoms with Gasteiger partial charge in [-0.1, -0.05) is 67.2 Å². The van der Waals surface area contributed by atoms with Gasteiger partial charge in [0.2, 0.25) is 11.1 Å². The second-order valence-electron chi connectivity index (χ2n) is 7.23. The molecule has 32 heavy (non-hydrogen) atoms. The molecule has 0 spiro atoms. The van der Waals surface area contributed by atoms with Gasteiger partial charge in [-0.3, -0.25) is 4.79 Å². The number of nitrogens with zero attached hydrogens (tertiary/aromatic N) is 4. The van der Waals surface area contributed by atoms with Crippen molar-refractivity contribution < 1.29 is 14.3 Å². The lowest BCUT2D eigenvalue weighted by atomic mass is 10.1. The van der Waals surface area contributed by atoms with E-state index in [2.05, 4.69) is 20.5 Å². The third kappa shape index (κ3) is 4.16. The summed E-state index contributed by atoms with van der Waals surface area (Å²) in [6, 6.07) is 16.0. The SMILES string of the molecule is CC[C@@H](Sc1nnc2c3ccccc3n(C)c2n1)C(=O)N[C@@H](C(=O)OC)c1ccccc1. The molecular formula is C23H23N5O3S. The first-order valence-corrected chi connectivity index (χ1v) is 11.1. The average molecular weight is 450 g/mol. The van der Waals surface area contributed by atoms with Gasteiger partial charge in [0.15, 0.2) is 11.7 Å². The van der Waals surface area contributed by atoms with Crippen molar-refractivity contribution in [2.24, 2.45) is 7.05 Å². The topological polar surface area (TPSA) is 99.0 Å². The predicted octanol–water partition coefficient (Wildman–Crippen LogP) is 3.42. The molecule has 2 aromatic carbocycles. The van der Waals surface area contributed by atoms with Gasteiger partial charge >= 0.3 is 5.97 Å². The number of para-hydroxylation sites is 1. The molecule has 0 saturated carbocycles. The summed E-state index contributed by atoms with van der Waals surface area (Å²) in [6.45, 7) is 1.90. The van der Waals surface area contributed by atoms with Gasteiger partial charge in [0.1, 0.15) is 5.52 Å². The van der Waals surface area contributed by atoms with E-state index in [9.17, 15) is 9.59 Å². The molecule has 164 valence electrons. The highest BCUT2D eigenvalue weighted by Gasteiger charge is 2.28. The summed E-state index contributed by atoms with van der Waals surface area (Å²) in [4.78, 5) is 30.0. The number of rotatable bonds is 7. The van der Waals surface area contributed by atoms with Gasteiger partial charge in [-0.25, -0.2) is 9.78 Å². The Labute approximate surface area is 189 Å². The van der Waals surface area contributed by atoms with Crippen LogP contribution in [0.3, 0.4) is 0 Å². The molecule has 0 bridgehead atoms. The highest BCUT2D eigenvalue weighted by molar-refractivity contribution is 8.00. The number of carbonyl (C=O) groups excluding carboxylic acids is 2. The van der Waals surface area contributed by atoms with Crippen LogP contribution in [-0.4, -0.2) is 44.0 Å². The number of carbonyl (C=O) groups is 2. The fourth-order valence-corrected chi connectivity index (χ4v) is 4.39. The zero-order valence-electron chi connectivity index (χ0n) is 18.0. The molecule has 1 N–H and O–H groups in total. The Kier molecular flexibility index (Phi) is 6.36. The van der Waals surface area contributed by atoms with Crippen molar-refractivity contribution in [3.05, 3.63) is 60.2 Å². The second kappa shape index (κ2) is 9.35. The number of hydrogen-bond donors (Lipinski definition) is 1. The zero-order chi connectivity index (χ0) is 22.7. The number of esters is 1. The zero-order valence-corrected chi connectivity index (χ0v) is 18.8. The van der Waals surface area contributed by atoms with Crippen LogP contribution in [0.15, 0.2) is 59.8 Å². The molecule has 0 saturated heterocycles. The van der Waals surface area contributed by atoms with Crippen molar-refractivity contribution in [2.45, 2.75) is 29.8 Å². The molecule has 9 heteroatoms. The lowest BCUT2D eigenvalue weighted by molar-refractivity contribution is -0.145. The van der Waals surface area contributed by atoms with Crippen LogP contribution < -0.4 is 5.32 Å². The van der Waals surface area contributed by atoms with Crippen molar-refractivity contribution in [1.82, 2.24) is 25.1 Å². The van der Waals surface area contributed by atoms with Crippen molar-refractivity contribution in [3.63, 3.8) is 0 Å². The third-order valence-corrected chi connectivity index (χ3v) is 6.47. The highest BCUT2D eigenvalue weighted by atomic mass is 32.2. The summed E-state index contributed by atoms with van der Waals surface area (Å²) < 4.78 is 6.86. The second-order valence-corrected chi connectivity index (χ2v) is 8.40. The first-order valence-electron chi connectivity index (χ1n) is 10.2. The van der Waals surface area contributed by atoms with Gasteiger partial charge in [-0.2, -0.15) is 0 Å². The molecule has 2 heterocycles. The van der Waals surface area contributed by atoms with E-state index in [1.54, 1.807) is 12.1 Å². The Morgan fingerprint density at radius 1 is 1.09 bits per heavy atom.